The molecule has 0 bridgehead atoms. The summed E-state index contributed by atoms with van der Waals surface area (Å²) < 4.78 is 6.73. The van der Waals surface area contributed by atoms with Gasteiger partial charge in [0.2, 0.25) is 0 Å². The molecule has 0 radical (unpaired) electrons. The first kappa shape index (κ1) is 15.8. The molecule has 0 fully saturated rings. The van der Waals surface area contributed by atoms with Crippen LogP contribution in [0.2, 0.25) is 5.02 Å². The molecule has 1 heterocycles. The Hall–Kier alpha value is -0.230. The number of hydrogen-bond donors (Lipinski definition) is 1. The Kier molecular flexibility index (Phi) is 7.07. The van der Waals surface area contributed by atoms with Gasteiger partial charge in [0.05, 0.1) is 30.1 Å². The van der Waals surface area contributed by atoms with Crippen LogP contribution in [0.1, 0.15) is 25.6 Å². The predicted octanol–water partition coefficient (Wildman–Crippen LogP) is 2.61. The number of hydrogen-bond acceptors (Lipinski definition) is 4. The Morgan fingerprint density at radius 2 is 2.22 bits per heavy atom. The van der Waals surface area contributed by atoms with Crippen molar-refractivity contribution < 1.29 is 9.84 Å². The monoisotopic (exact) mass is 292 g/mol. The summed E-state index contributed by atoms with van der Waals surface area (Å²) in [6.45, 7) is 5.48. The van der Waals surface area contributed by atoms with E-state index >= 15 is 0 Å². The highest BCUT2D eigenvalue weighted by Crippen LogP contribution is 2.26. The number of methoxy groups -OCH3 is 1. The molecule has 1 unspecified atom stereocenters. The highest BCUT2D eigenvalue weighted by molar-refractivity contribution is 7.99. The summed E-state index contributed by atoms with van der Waals surface area (Å²) in [6.07, 6.45) is 0.990. The normalized spacial score (nSPS) is 13.2. The molecule has 0 aliphatic heterocycles. The predicted molar refractivity (Wildman–Crippen MR) is 76.2 cm³/mol. The fourth-order valence-corrected chi connectivity index (χ4v) is 2.81. The van der Waals surface area contributed by atoms with Crippen LogP contribution in [0.4, 0.5) is 0 Å². The second-order valence-electron chi connectivity index (χ2n) is 4.54. The van der Waals surface area contributed by atoms with Crippen LogP contribution >= 0.6 is 23.4 Å². The Labute approximate surface area is 118 Å². The summed E-state index contributed by atoms with van der Waals surface area (Å²) >= 11 is 7.79. The minimum atomic E-state index is -0.583. The SMILES string of the molecule is COCCn1ncc(Cl)c1C(O)CSCC(C)C. The van der Waals surface area contributed by atoms with Gasteiger partial charge in [-0.15, -0.1) is 0 Å². The van der Waals surface area contributed by atoms with Crippen LogP contribution in [0, 0.1) is 5.92 Å². The van der Waals surface area contributed by atoms with Gasteiger partial charge in [0, 0.05) is 12.9 Å². The number of aliphatic hydroxyl groups excluding tert-OH is 1. The fraction of sp³-hybridized carbons (Fsp3) is 0.750. The van der Waals surface area contributed by atoms with Gasteiger partial charge in [-0.3, -0.25) is 4.68 Å². The van der Waals surface area contributed by atoms with Crippen LogP contribution in [0.5, 0.6) is 0 Å². The molecule has 1 N–H and O–H groups in total. The minimum absolute atomic E-state index is 0.517. The largest absolute Gasteiger partial charge is 0.386 e. The van der Waals surface area contributed by atoms with Gasteiger partial charge < -0.3 is 9.84 Å². The smallest absolute Gasteiger partial charge is 0.106 e. The summed E-state index contributed by atoms with van der Waals surface area (Å²) in [4.78, 5) is 0. The fourth-order valence-electron chi connectivity index (χ4n) is 1.55. The lowest BCUT2D eigenvalue weighted by Crippen LogP contribution is -2.14. The minimum Gasteiger partial charge on any atom is -0.386 e. The topological polar surface area (TPSA) is 47.3 Å². The van der Waals surface area contributed by atoms with Crippen molar-refractivity contribution in [2.45, 2.75) is 26.5 Å². The van der Waals surface area contributed by atoms with E-state index in [9.17, 15) is 5.11 Å². The third-order valence-corrected chi connectivity index (χ3v) is 4.13. The molecular formula is C12H21ClN2O2S. The molecule has 104 valence electrons. The molecule has 0 amide bonds. The van der Waals surface area contributed by atoms with Crippen LogP contribution in [-0.2, 0) is 11.3 Å². The average molecular weight is 293 g/mol. The van der Waals surface area contributed by atoms with E-state index in [1.807, 2.05) is 0 Å². The third kappa shape index (κ3) is 4.80. The molecule has 0 saturated carbocycles. The quantitative estimate of drug-likeness (QED) is 0.800. The van der Waals surface area contributed by atoms with Crippen molar-refractivity contribution in [2.24, 2.45) is 5.92 Å². The maximum atomic E-state index is 10.2. The van der Waals surface area contributed by atoms with Crippen LogP contribution in [0.15, 0.2) is 6.20 Å². The maximum Gasteiger partial charge on any atom is 0.106 e. The lowest BCUT2D eigenvalue weighted by atomic mass is 10.3. The molecule has 1 rings (SSSR count). The van der Waals surface area contributed by atoms with Crippen molar-refractivity contribution in [3.05, 3.63) is 16.9 Å². The summed E-state index contributed by atoms with van der Waals surface area (Å²) in [5, 5.41) is 14.8. The Balaban J connectivity index is 2.59. The van der Waals surface area contributed by atoms with Gasteiger partial charge in [0.25, 0.3) is 0 Å². The van der Waals surface area contributed by atoms with E-state index in [0.29, 0.717) is 35.5 Å². The highest BCUT2D eigenvalue weighted by Gasteiger charge is 2.18. The number of aromatic nitrogens is 2. The van der Waals surface area contributed by atoms with Gasteiger partial charge in [-0.2, -0.15) is 16.9 Å². The molecule has 18 heavy (non-hydrogen) atoms. The van der Waals surface area contributed by atoms with Crippen molar-refractivity contribution in [2.75, 3.05) is 25.2 Å². The van der Waals surface area contributed by atoms with E-state index in [4.69, 9.17) is 16.3 Å². The zero-order valence-electron chi connectivity index (χ0n) is 11.1. The number of aliphatic hydroxyl groups is 1. The van der Waals surface area contributed by atoms with Gasteiger partial charge >= 0.3 is 0 Å². The molecule has 1 aromatic heterocycles. The van der Waals surface area contributed by atoms with Crippen molar-refractivity contribution in [3.63, 3.8) is 0 Å². The summed E-state index contributed by atoms with van der Waals surface area (Å²) in [6, 6.07) is 0. The second kappa shape index (κ2) is 8.04. The van der Waals surface area contributed by atoms with Crippen molar-refractivity contribution in [1.82, 2.24) is 9.78 Å². The molecule has 0 spiro atoms. The van der Waals surface area contributed by atoms with E-state index in [2.05, 4.69) is 18.9 Å². The molecule has 0 aliphatic rings. The van der Waals surface area contributed by atoms with Gasteiger partial charge in [-0.1, -0.05) is 25.4 Å². The maximum absolute atomic E-state index is 10.2. The molecule has 1 atom stereocenters. The first-order valence-corrected chi connectivity index (χ1v) is 7.55. The van der Waals surface area contributed by atoms with E-state index in [0.717, 1.165) is 5.75 Å². The van der Waals surface area contributed by atoms with Gasteiger partial charge in [0.1, 0.15) is 6.10 Å². The first-order chi connectivity index (χ1) is 8.56. The summed E-state index contributed by atoms with van der Waals surface area (Å²) in [5.74, 6) is 2.29. The van der Waals surface area contributed by atoms with Crippen molar-refractivity contribution in [1.29, 1.82) is 0 Å². The zero-order chi connectivity index (χ0) is 13.5. The van der Waals surface area contributed by atoms with E-state index in [-0.39, 0.29) is 0 Å². The number of rotatable bonds is 8. The van der Waals surface area contributed by atoms with Crippen LogP contribution in [0.25, 0.3) is 0 Å². The molecular weight excluding hydrogens is 272 g/mol. The first-order valence-electron chi connectivity index (χ1n) is 6.02. The standard InChI is InChI=1S/C12H21ClN2O2S/c1-9(2)7-18-8-11(16)12-10(13)6-14-15(12)4-5-17-3/h6,9,11,16H,4-5,7-8H2,1-3H3. The highest BCUT2D eigenvalue weighted by atomic mass is 35.5. The van der Waals surface area contributed by atoms with E-state index < -0.39 is 6.10 Å². The number of nitrogens with zero attached hydrogens (tertiary/aromatic N) is 2. The van der Waals surface area contributed by atoms with Gasteiger partial charge in [-0.25, -0.2) is 0 Å². The molecule has 1 aromatic rings. The van der Waals surface area contributed by atoms with Crippen molar-refractivity contribution in [3.8, 4) is 0 Å². The van der Waals surface area contributed by atoms with Crippen LogP contribution in [-0.4, -0.2) is 40.1 Å². The third-order valence-electron chi connectivity index (χ3n) is 2.38. The molecule has 0 aliphatic carbocycles. The Morgan fingerprint density at radius 1 is 1.50 bits per heavy atom. The molecule has 0 aromatic carbocycles. The summed E-state index contributed by atoms with van der Waals surface area (Å²) in [5.41, 5.74) is 0.685. The van der Waals surface area contributed by atoms with Gasteiger partial charge in [0.15, 0.2) is 0 Å². The number of halogens is 1. The van der Waals surface area contributed by atoms with E-state index in [1.54, 1.807) is 29.8 Å². The van der Waals surface area contributed by atoms with Crippen molar-refractivity contribution >= 4 is 23.4 Å². The lowest BCUT2D eigenvalue weighted by Gasteiger charge is -2.14. The number of thioether (sulfide) groups is 1. The average Bonchev–Trinajstić information content (AvgIpc) is 2.67. The number of ether oxygens (including phenoxy) is 1. The molecule has 4 nitrogen and oxygen atoms in total. The Bertz CT molecular complexity index is 358. The zero-order valence-corrected chi connectivity index (χ0v) is 12.7. The van der Waals surface area contributed by atoms with Crippen LogP contribution in [0.3, 0.4) is 0 Å². The summed E-state index contributed by atoms with van der Waals surface area (Å²) in [7, 11) is 1.64. The molecule has 0 saturated heterocycles. The van der Waals surface area contributed by atoms with Crippen LogP contribution < -0.4 is 0 Å². The Morgan fingerprint density at radius 3 is 2.83 bits per heavy atom. The lowest BCUT2D eigenvalue weighted by molar-refractivity contribution is 0.166. The second-order valence-corrected chi connectivity index (χ2v) is 6.02. The van der Waals surface area contributed by atoms with Gasteiger partial charge in [-0.05, 0) is 11.7 Å². The van der Waals surface area contributed by atoms with E-state index in [1.165, 1.54) is 0 Å². The molecule has 6 heteroatoms.